The first-order valence-electron chi connectivity index (χ1n) is 8.57. The molecule has 0 bridgehead atoms. The number of nitriles is 1. The van der Waals surface area contributed by atoms with Gasteiger partial charge >= 0.3 is 0 Å². The van der Waals surface area contributed by atoms with Crippen molar-refractivity contribution in [1.82, 2.24) is 5.32 Å². The van der Waals surface area contributed by atoms with Crippen LogP contribution in [0.25, 0.3) is 0 Å². The maximum atomic E-state index is 13.7. The maximum Gasteiger partial charge on any atom is 0.252 e. The Morgan fingerprint density at radius 3 is 2.29 bits per heavy atom. The summed E-state index contributed by atoms with van der Waals surface area (Å²) in [6.07, 6.45) is 0.0524. The molecule has 0 saturated heterocycles. The molecule has 140 valence electrons. The summed E-state index contributed by atoms with van der Waals surface area (Å²) in [5.41, 5.74) is 0.917. The highest BCUT2D eigenvalue weighted by Gasteiger charge is 2.14. The SMILES string of the molecule is N#Cc1ccccc1Sc1ccccc1C(=O)NCCc1c(F)cccc1F. The Morgan fingerprint density at radius 1 is 0.929 bits per heavy atom. The summed E-state index contributed by atoms with van der Waals surface area (Å²) in [6.45, 7) is 0.102. The van der Waals surface area contributed by atoms with Gasteiger partial charge in [0.05, 0.1) is 11.1 Å². The van der Waals surface area contributed by atoms with Crippen LogP contribution in [0.5, 0.6) is 0 Å². The molecule has 3 aromatic rings. The molecule has 0 radical (unpaired) electrons. The predicted molar refractivity (Wildman–Crippen MR) is 104 cm³/mol. The quantitative estimate of drug-likeness (QED) is 0.643. The average Bonchev–Trinajstić information content (AvgIpc) is 2.71. The van der Waals surface area contributed by atoms with Crippen LogP contribution in [0.3, 0.4) is 0 Å². The van der Waals surface area contributed by atoms with Crippen molar-refractivity contribution in [3.63, 3.8) is 0 Å². The van der Waals surface area contributed by atoms with Gasteiger partial charge in [-0.25, -0.2) is 8.78 Å². The van der Waals surface area contributed by atoms with Gasteiger partial charge in [-0.3, -0.25) is 4.79 Å². The molecule has 0 fully saturated rings. The van der Waals surface area contributed by atoms with E-state index in [9.17, 15) is 18.8 Å². The lowest BCUT2D eigenvalue weighted by Gasteiger charge is -2.11. The molecule has 0 aliphatic rings. The molecule has 0 atom stereocenters. The van der Waals surface area contributed by atoms with Crippen LogP contribution in [0.2, 0.25) is 0 Å². The highest BCUT2D eigenvalue weighted by Crippen LogP contribution is 2.32. The minimum Gasteiger partial charge on any atom is -0.352 e. The first-order chi connectivity index (χ1) is 13.6. The second kappa shape index (κ2) is 9.16. The summed E-state index contributed by atoms with van der Waals surface area (Å²) < 4.78 is 27.4. The van der Waals surface area contributed by atoms with Crippen LogP contribution >= 0.6 is 11.8 Å². The fraction of sp³-hybridized carbons (Fsp3) is 0.0909. The largest absolute Gasteiger partial charge is 0.352 e. The second-order valence-corrected chi connectivity index (χ2v) is 7.00. The van der Waals surface area contributed by atoms with Crippen LogP contribution in [-0.2, 0) is 6.42 Å². The molecule has 0 aliphatic heterocycles. The average molecular weight is 394 g/mol. The third-order valence-corrected chi connectivity index (χ3v) is 5.23. The van der Waals surface area contributed by atoms with Gasteiger partial charge < -0.3 is 5.32 Å². The summed E-state index contributed by atoms with van der Waals surface area (Å²) in [4.78, 5) is 14.0. The van der Waals surface area contributed by atoms with Crippen molar-refractivity contribution in [2.75, 3.05) is 6.54 Å². The molecule has 0 spiro atoms. The standard InChI is InChI=1S/C22H16F2N2OS/c23-18-8-5-9-19(24)16(18)12-13-26-22(27)17-7-2-4-11-21(17)28-20-10-3-1-6-15(20)14-25/h1-11H,12-13H2,(H,26,27). The van der Waals surface area contributed by atoms with Gasteiger partial charge in [0.15, 0.2) is 0 Å². The molecule has 6 heteroatoms. The molecule has 3 nitrogen and oxygen atoms in total. The number of nitrogens with one attached hydrogen (secondary N) is 1. The number of rotatable bonds is 6. The molecular formula is C22H16F2N2OS. The number of benzene rings is 3. The molecule has 0 saturated carbocycles. The van der Waals surface area contributed by atoms with Gasteiger partial charge in [-0.15, -0.1) is 0 Å². The van der Waals surface area contributed by atoms with Gasteiger partial charge in [0.25, 0.3) is 5.91 Å². The topological polar surface area (TPSA) is 52.9 Å². The molecule has 3 rings (SSSR count). The number of hydrogen-bond acceptors (Lipinski definition) is 3. The van der Waals surface area contributed by atoms with Gasteiger partial charge in [0, 0.05) is 21.9 Å². The highest BCUT2D eigenvalue weighted by atomic mass is 32.2. The highest BCUT2D eigenvalue weighted by molar-refractivity contribution is 7.99. The molecule has 1 N–H and O–H groups in total. The Labute approximate surface area is 166 Å². The summed E-state index contributed by atoms with van der Waals surface area (Å²) in [5, 5.41) is 11.9. The second-order valence-electron chi connectivity index (χ2n) is 5.91. The Bertz CT molecular complexity index is 1030. The zero-order chi connectivity index (χ0) is 19.9. The first kappa shape index (κ1) is 19.6. The Kier molecular flexibility index (Phi) is 6.41. The molecule has 0 aromatic heterocycles. The smallest absolute Gasteiger partial charge is 0.252 e. The van der Waals surface area contributed by atoms with E-state index in [1.807, 2.05) is 18.2 Å². The zero-order valence-corrected chi connectivity index (χ0v) is 15.6. The molecule has 0 unspecified atom stereocenters. The molecule has 0 heterocycles. The van der Waals surface area contributed by atoms with Crippen LogP contribution in [0, 0.1) is 23.0 Å². The van der Waals surface area contributed by atoms with E-state index < -0.39 is 11.6 Å². The summed E-state index contributed by atoms with van der Waals surface area (Å²) >= 11 is 1.33. The van der Waals surface area contributed by atoms with Gasteiger partial charge in [-0.2, -0.15) is 5.26 Å². The Morgan fingerprint density at radius 2 is 1.57 bits per heavy atom. The van der Waals surface area contributed by atoms with Crippen molar-refractivity contribution >= 4 is 17.7 Å². The molecule has 3 aromatic carbocycles. The van der Waals surface area contributed by atoms with E-state index in [1.165, 1.54) is 30.0 Å². The lowest BCUT2D eigenvalue weighted by Crippen LogP contribution is -2.26. The minimum absolute atomic E-state index is 0.0478. The van der Waals surface area contributed by atoms with Crippen molar-refractivity contribution in [3.8, 4) is 6.07 Å². The summed E-state index contributed by atoms with van der Waals surface area (Å²) in [5.74, 6) is -1.59. The van der Waals surface area contributed by atoms with Crippen LogP contribution < -0.4 is 5.32 Å². The van der Waals surface area contributed by atoms with Crippen LogP contribution in [0.15, 0.2) is 76.5 Å². The molecule has 1 amide bonds. The van der Waals surface area contributed by atoms with Gasteiger partial charge in [-0.1, -0.05) is 42.1 Å². The van der Waals surface area contributed by atoms with E-state index in [1.54, 1.807) is 30.3 Å². The fourth-order valence-corrected chi connectivity index (χ4v) is 3.70. The fourth-order valence-electron chi connectivity index (χ4n) is 2.68. The van der Waals surface area contributed by atoms with Gasteiger partial charge in [-0.05, 0) is 42.8 Å². The molecular weight excluding hydrogens is 378 g/mol. The zero-order valence-electron chi connectivity index (χ0n) is 14.8. The van der Waals surface area contributed by atoms with Gasteiger partial charge in [0.2, 0.25) is 0 Å². The van der Waals surface area contributed by atoms with Crippen molar-refractivity contribution < 1.29 is 13.6 Å². The number of carbonyl (C=O) groups is 1. The van der Waals surface area contributed by atoms with Crippen molar-refractivity contribution in [3.05, 3.63) is 95.1 Å². The summed E-state index contributed by atoms with van der Waals surface area (Å²) in [6, 6.07) is 20.0. The lowest BCUT2D eigenvalue weighted by molar-refractivity contribution is 0.0951. The lowest BCUT2D eigenvalue weighted by atomic mass is 10.1. The van der Waals surface area contributed by atoms with E-state index in [-0.39, 0.29) is 24.4 Å². The van der Waals surface area contributed by atoms with E-state index in [0.29, 0.717) is 16.0 Å². The minimum atomic E-state index is -0.627. The number of nitrogens with zero attached hydrogens (tertiary/aromatic N) is 1. The first-order valence-corrected chi connectivity index (χ1v) is 9.39. The number of amides is 1. The Hall–Kier alpha value is -3.17. The van der Waals surface area contributed by atoms with Gasteiger partial charge in [0.1, 0.15) is 17.7 Å². The monoisotopic (exact) mass is 394 g/mol. The van der Waals surface area contributed by atoms with Crippen LogP contribution in [-0.4, -0.2) is 12.5 Å². The predicted octanol–water partition coefficient (Wildman–Crippen LogP) is 4.96. The third-order valence-electron chi connectivity index (χ3n) is 4.08. The van der Waals surface area contributed by atoms with Crippen LogP contribution in [0.1, 0.15) is 21.5 Å². The Balaban J connectivity index is 1.72. The number of hydrogen-bond donors (Lipinski definition) is 1. The third kappa shape index (κ3) is 4.56. The number of halogens is 2. The summed E-state index contributed by atoms with van der Waals surface area (Å²) in [7, 11) is 0. The van der Waals surface area contributed by atoms with Crippen LogP contribution in [0.4, 0.5) is 8.78 Å². The number of carbonyl (C=O) groups excluding carboxylic acids is 1. The normalized spacial score (nSPS) is 10.3. The maximum absolute atomic E-state index is 13.7. The van der Waals surface area contributed by atoms with E-state index in [0.717, 1.165) is 4.90 Å². The van der Waals surface area contributed by atoms with E-state index in [2.05, 4.69) is 11.4 Å². The van der Waals surface area contributed by atoms with Crippen molar-refractivity contribution in [1.29, 1.82) is 5.26 Å². The van der Waals surface area contributed by atoms with E-state index in [4.69, 9.17) is 0 Å². The van der Waals surface area contributed by atoms with Crippen molar-refractivity contribution in [2.45, 2.75) is 16.2 Å². The molecule has 0 aliphatic carbocycles. The molecule has 28 heavy (non-hydrogen) atoms. The van der Waals surface area contributed by atoms with E-state index >= 15 is 0 Å². The van der Waals surface area contributed by atoms with Crippen molar-refractivity contribution in [2.24, 2.45) is 0 Å².